The number of halogens is 1. The van der Waals surface area contributed by atoms with Crippen molar-refractivity contribution in [2.45, 2.75) is 11.8 Å². The van der Waals surface area contributed by atoms with Crippen molar-refractivity contribution in [3.63, 3.8) is 0 Å². The molecule has 5 heteroatoms. The molecule has 1 amide bonds. The SMILES string of the molecule is CCN(C)CCNC(=O)c1ccc(Br)cc1S. The highest BCUT2D eigenvalue weighted by atomic mass is 79.9. The molecular formula is C12H17BrN2OS. The molecule has 0 aliphatic rings. The topological polar surface area (TPSA) is 32.3 Å². The van der Waals surface area contributed by atoms with E-state index >= 15 is 0 Å². The third-order valence-electron chi connectivity index (χ3n) is 2.52. The average molecular weight is 317 g/mol. The molecule has 0 aliphatic heterocycles. The van der Waals surface area contributed by atoms with Crippen LogP contribution >= 0.6 is 28.6 Å². The molecule has 0 spiro atoms. The summed E-state index contributed by atoms with van der Waals surface area (Å²) in [6.07, 6.45) is 0. The van der Waals surface area contributed by atoms with E-state index in [9.17, 15) is 4.79 Å². The third kappa shape index (κ3) is 4.69. The van der Waals surface area contributed by atoms with Gasteiger partial charge in [0.1, 0.15) is 0 Å². The summed E-state index contributed by atoms with van der Waals surface area (Å²) in [5.74, 6) is -0.0768. The number of carbonyl (C=O) groups is 1. The molecule has 94 valence electrons. The van der Waals surface area contributed by atoms with Crippen LogP contribution < -0.4 is 5.32 Å². The van der Waals surface area contributed by atoms with Crippen LogP contribution in [0.25, 0.3) is 0 Å². The van der Waals surface area contributed by atoms with Crippen molar-refractivity contribution in [2.75, 3.05) is 26.7 Å². The van der Waals surface area contributed by atoms with Crippen molar-refractivity contribution >= 4 is 34.5 Å². The molecule has 17 heavy (non-hydrogen) atoms. The van der Waals surface area contributed by atoms with Gasteiger partial charge in [-0.05, 0) is 31.8 Å². The van der Waals surface area contributed by atoms with Gasteiger partial charge in [-0.1, -0.05) is 22.9 Å². The molecule has 0 aromatic heterocycles. The minimum absolute atomic E-state index is 0.0768. The lowest BCUT2D eigenvalue weighted by atomic mass is 10.2. The quantitative estimate of drug-likeness (QED) is 0.818. The largest absolute Gasteiger partial charge is 0.351 e. The van der Waals surface area contributed by atoms with Gasteiger partial charge in [0.25, 0.3) is 5.91 Å². The van der Waals surface area contributed by atoms with E-state index in [0.717, 1.165) is 17.6 Å². The minimum Gasteiger partial charge on any atom is -0.351 e. The van der Waals surface area contributed by atoms with Gasteiger partial charge >= 0.3 is 0 Å². The van der Waals surface area contributed by atoms with Crippen molar-refractivity contribution in [3.05, 3.63) is 28.2 Å². The van der Waals surface area contributed by atoms with Crippen LogP contribution in [0, 0.1) is 0 Å². The number of benzene rings is 1. The van der Waals surface area contributed by atoms with Crippen LogP contribution in [0.3, 0.4) is 0 Å². The van der Waals surface area contributed by atoms with Crippen LogP contribution in [-0.2, 0) is 0 Å². The van der Waals surface area contributed by atoms with Crippen LogP contribution in [0.1, 0.15) is 17.3 Å². The maximum absolute atomic E-state index is 11.9. The van der Waals surface area contributed by atoms with Gasteiger partial charge in [0, 0.05) is 22.5 Å². The molecule has 0 bridgehead atoms. The number of thiol groups is 1. The Morgan fingerprint density at radius 3 is 2.82 bits per heavy atom. The van der Waals surface area contributed by atoms with Gasteiger partial charge in [-0.25, -0.2) is 0 Å². The van der Waals surface area contributed by atoms with E-state index in [2.05, 4.69) is 45.7 Å². The Bertz CT molecular complexity index is 398. The van der Waals surface area contributed by atoms with E-state index in [0.29, 0.717) is 17.0 Å². The zero-order chi connectivity index (χ0) is 12.8. The molecule has 0 unspecified atom stereocenters. The number of nitrogens with one attached hydrogen (secondary N) is 1. The Labute approximate surface area is 116 Å². The van der Waals surface area contributed by atoms with Gasteiger partial charge in [-0.3, -0.25) is 4.79 Å². The number of rotatable bonds is 5. The molecule has 1 rings (SSSR count). The number of hydrogen-bond donors (Lipinski definition) is 2. The maximum Gasteiger partial charge on any atom is 0.252 e. The number of amides is 1. The molecule has 0 fully saturated rings. The molecule has 1 aromatic rings. The lowest BCUT2D eigenvalue weighted by Crippen LogP contribution is -2.33. The lowest BCUT2D eigenvalue weighted by molar-refractivity contribution is 0.0947. The first-order valence-corrected chi connectivity index (χ1v) is 6.74. The molecule has 0 saturated heterocycles. The van der Waals surface area contributed by atoms with Crippen molar-refractivity contribution in [2.24, 2.45) is 0 Å². The zero-order valence-electron chi connectivity index (χ0n) is 10.0. The van der Waals surface area contributed by atoms with E-state index in [4.69, 9.17) is 0 Å². The smallest absolute Gasteiger partial charge is 0.252 e. The molecule has 3 nitrogen and oxygen atoms in total. The number of hydrogen-bond acceptors (Lipinski definition) is 3. The summed E-state index contributed by atoms with van der Waals surface area (Å²) in [6.45, 7) is 4.56. The highest BCUT2D eigenvalue weighted by molar-refractivity contribution is 9.10. The van der Waals surface area contributed by atoms with E-state index < -0.39 is 0 Å². The predicted molar refractivity (Wildman–Crippen MR) is 76.9 cm³/mol. The lowest BCUT2D eigenvalue weighted by Gasteiger charge is -2.14. The fourth-order valence-electron chi connectivity index (χ4n) is 1.31. The summed E-state index contributed by atoms with van der Waals surface area (Å²) < 4.78 is 0.921. The van der Waals surface area contributed by atoms with E-state index in [-0.39, 0.29) is 5.91 Å². The van der Waals surface area contributed by atoms with Gasteiger partial charge in [0.2, 0.25) is 0 Å². The summed E-state index contributed by atoms with van der Waals surface area (Å²) >= 11 is 7.63. The molecule has 0 radical (unpaired) electrons. The average Bonchev–Trinajstić information content (AvgIpc) is 2.28. The zero-order valence-corrected chi connectivity index (χ0v) is 12.5. The van der Waals surface area contributed by atoms with Gasteiger partial charge < -0.3 is 10.2 Å². The van der Waals surface area contributed by atoms with Crippen LogP contribution in [0.4, 0.5) is 0 Å². The number of carbonyl (C=O) groups excluding carboxylic acids is 1. The van der Waals surface area contributed by atoms with E-state index in [1.807, 2.05) is 19.2 Å². The highest BCUT2D eigenvalue weighted by Crippen LogP contribution is 2.19. The van der Waals surface area contributed by atoms with Crippen molar-refractivity contribution in [1.82, 2.24) is 10.2 Å². The first-order chi connectivity index (χ1) is 8.04. The van der Waals surface area contributed by atoms with Crippen molar-refractivity contribution in [3.8, 4) is 0 Å². The Morgan fingerprint density at radius 1 is 1.53 bits per heavy atom. The van der Waals surface area contributed by atoms with Crippen LogP contribution in [0.5, 0.6) is 0 Å². The molecule has 0 atom stereocenters. The van der Waals surface area contributed by atoms with Crippen LogP contribution in [0.2, 0.25) is 0 Å². The predicted octanol–water partition coefficient (Wildman–Crippen LogP) is 2.42. The van der Waals surface area contributed by atoms with Crippen molar-refractivity contribution < 1.29 is 4.79 Å². The number of likely N-dealkylation sites (N-methyl/N-ethyl adjacent to an activating group) is 1. The number of nitrogens with zero attached hydrogens (tertiary/aromatic N) is 1. The maximum atomic E-state index is 11.9. The standard InChI is InChI=1S/C12H17BrN2OS/c1-3-15(2)7-6-14-12(16)10-5-4-9(13)8-11(10)17/h4-5,8,17H,3,6-7H2,1-2H3,(H,14,16). The Balaban J connectivity index is 2.52. The molecule has 0 aliphatic carbocycles. The molecule has 1 aromatic carbocycles. The normalized spacial score (nSPS) is 10.6. The second kappa shape index (κ2) is 7.03. The fraction of sp³-hybridized carbons (Fsp3) is 0.417. The Hall–Kier alpha value is -0.520. The molecule has 1 N–H and O–H groups in total. The van der Waals surface area contributed by atoms with Crippen LogP contribution in [0.15, 0.2) is 27.6 Å². The van der Waals surface area contributed by atoms with E-state index in [1.54, 1.807) is 6.07 Å². The van der Waals surface area contributed by atoms with Gasteiger partial charge in [0.15, 0.2) is 0 Å². The summed E-state index contributed by atoms with van der Waals surface area (Å²) in [5.41, 5.74) is 0.607. The van der Waals surface area contributed by atoms with Gasteiger partial charge in [-0.2, -0.15) is 0 Å². The Kier molecular flexibility index (Phi) is 6.02. The Morgan fingerprint density at radius 2 is 2.24 bits per heavy atom. The minimum atomic E-state index is -0.0768. The fourth-order valence-corrected chi connectivity index (χ4v) is 2.16. The summed E-state index contributed by atoms with van der Waals surface area (Å²) in [5, 5.41) is 2.88. The molecule has 0 heterocycles. The second-order valence-corrected chi connectivity index (χ2v) is 5.21. The van der Waals surface area contributed by atoms with Gasteiger partial charge in [0.05, 0.1) is 5.56 Å². The monoisotopic (exact) mass is 316 g/mol. The molecular weight excluding hydrogens is 300 g/mol. The molecule has 0 saturated carbocycles. The van der Waals surface area contributed by atoms with Crippen LogP contribution in [-0.4, -0.2) is 37.5 Å². The summed E-state index contributed by atoms with van der Waals surface area (Å²) in [6, 6.07) is 5.42. The first kappa shape index (κ1) is 14.5. The highest BCUT2D eigenvalue weighted by Gasteiger charge is 2.09. The summed E-state index contributed by atoms with van der Waals surface area (Å²) in [7, 11) is 2.02. The first-order valence-electron chi connectivity index (χ1n) is 5.50. The summed E-state index contributed by atoms with van der Waals surface area (Å²) in [4.78, 5) is 14.7. The van der Waals surface area contributed by atoms with Crippen molar-refractivity contribution in [1.29, 1.82) is 0 Å². The van der Waals surface area contributed by atoms with Gasteiger partial charge in [-0.15, -0.1) is 12.6 Å². The second-order valence-electron chi connectivity index (χ2n) is 3.81. The third-order valence-corrected chi connectivity index (χ3v) is 3.39. The van der Waals surface area contributed by atoms with E-state index in [1.165, 1.54) is 0 Å².